The van der Waals surface area contributed by atoms with Gasteiger partial charge in [-0.2, -0.15) is 0 Å². The number of anilines is 1. The number of carbonyl (C=O) groups excluding carboxylic acids is 2. The summed E-state index contributed by atoms with van der Waals surface area (Å²) >= 11 is 0. The van der Waals surface area contributed by atoms with Crippen LogP contribution in [-0.2, 0) is 9.53 Å². The molecule has 0 radical (unpaired) electrons. The molecule has 1 saturated heterocycles. The molecule has 1 aromatic rings. The molecule has 1 aromatic carbocycles. The van der Waals surface area contributed by atoms with E-state index in [2.05, 4.69) is 9.47 Å². The number of amides is 2. The number of cyclic esters (lactones) is 1. The molecule has 1 aliphatic heterocycles. The standard InChI is InChI=1S/C10H8FNO4/c11-6-16-8-3-1-2-7(4-8)12-9(13)5-15-10(12)14/h1-4H,5-6H2. The number of alkyl halides is 1. The highest BCUT2D eigenvalue weighted by Gasteiger charge is 2.32. The summed E-state index contributed by atoms with van der Waals surface area (Å²) in [5.74, 6) is -0.213. The van der Waals surface area contributed by atoms with Gasteiger partial charge >= 0.3 is 6.09 Å². The van der Waals surface area contributed by atoms with Crippen molar-refractivity contribution in [3.05, 3.63) is 24.3 Å². The summed E-state index contributed by atoms with van der Waals surface area (Å²) in [7, 11) is 0. The van der Waals surface area contributed by atoms with Crippen LogP contribution in [0.3, 0.4) is 0 Å². The molecule has 0 spiro atoms. The molecular formula is C10H8FNO4. The monoisotopic (exact) mass is 225 g/mol. The van der Waals surface area contributed by atoms with Crippen molar-refractivity contribution in [3.8, 4) is 5.75 Å². The van der Waals surface area contributed by atoms with Crippen molar-refractivity contribution in [2.24, 2.45) is 0 Å². The van der Waals surface area contributed by atoms with E-state index in [0.717, 1.165) is 4.90 Å². The van der Waals surface area contributed by atoms with Gasteiger partial charge in [0, 0.05) is 6.07 Å². The van der Waals surface area contributed by atoms with E-state index in [9.17, 15) is 14.0 Å². The Labute approximate surface area is 90.4 Å². The molecule has 1 fully saturated rings. The molecule has 2 rings (SSSR count). The van der Waals surface area contributed by atoms with Crippen molar-refractivity contribution in [2.75, 3.05) is 18.4 Å². The zero-order chi connectivity index (χ0) is 11.5. The summed E-state index contributed by atoms with van der Waals surface area (Å²) in [6.45, 7) is -1.24. The highest BCUT2D eigenvalue weighted by atomic mass is 19.1. The fourth-order valence-electron chi connectivity index (χ4n) is 1.38. The number of halogens is 1. The molecule has 1 heterocycles. The second kappa shape index (κ2) is 4.18. The summed E-state index contributed by atoms with van der Waals surface area (Å²) in [6.07, 6.45) is -0.734. The van der Waals surface area contributed by atoms with Crippen LogP contribution in [-0.4, -0.2) is 25.5 Å². The molecule has 2 amide bonds. The fraction of sp³-hybridized carbons (Fsp3) is 0.200. The highest BCUT2D eigenvalue weighted by molar-refractivity contribution is 6.16. The lowest BCUT2D eigenvalue weighted by molar-refractivity contribution is -0.117. The van der Waals surface area contributed by atoms with Gasteiger partial charge in [0.25, 0.3) is 5.91 Å². The summed E-state index contributed by atoms with van der Waals surface area (Å²) in [5, 5.41) is 0. The maximum Gasteiger partial charge on any atom is 0.421 e. The molecule has 84 valence electrons. The first kappa shape index (κ1) is 10.4. The van der Waals surface area contributed by atoms with Crippen LogP contribution in [0.1, 0.15) is 0 Å². The smallest absolute Gasteiger partial charge is 0.421 e. The van der Waals surface area contributed by atoms with Crippen LogP contribution >= 0.6 is 0 Å². The lowest BCUT2D eigenvalue weighted by atomic mass is 10.3. The molecule has 0 N–H and O–H groups in total. The normalized spacial score (nSPS) is 15.2. The van der Waals surface area contributed by atoms with E-state index in [4.69, 9.17) is 0 Å². The number of rotatable bonds is 3. The highest BCUT2D eigenvalue weighted by Crippen LogP contribution is 2.24. The van der Waals surface area contributed by atoms with Crippen molar-refractivity contribution in [1.29, 1.82) is 0 Å². The maximum atomic E-state index is 11.9. The van der Waals surface area contributed by atoms with Gasteiger partial charge in [-0.15, -0.1) is 0 Å². The van der Waals surface area contributed by atoms with Gasteiger partial charge < -0.3 is 9.47 Å². The second-order valence-corrected chi connectivity index (χ2v) is 3.03. The minimum absolute atomic E-state index is 0.243. The van der Waals surface area contributed by atoms with Crippen molar-refractivity contribution in [1.82, 2.24) is 0 Å². The summed E-state index contributed by atoms with van der Waals surface area (Å²) in [6, 6.07) is 6.01. The Morgan fingerprint density at radius 2 is 2.25 bits per heavy atom. The van der Waals surface area contributed by atoms with Gasteiger partial charge in [-0.3, -0.25) is 4.79 Å². The molecular weight excluding hydrogens is 217 g/mol. The third-order valence-corrected chi connectivity index (χ3v) is 2.05. The molecule has 6 heteroatoms. The van der Waals surface area contributed by atoms with E-state index in [1.807, 2.05) is 0 Å². The summed E-state index contributed by atoms with van der Waals surface area (Å²) < 4.78 is 21.1. The van der Waals surface area contributed by atoms with E-state index < -0.39 is 18.9 Å². The van der Waals surface area contributed by atoms with Crippen LogP contribution in [0, 0.1) is 0 Å². The predicted octanol–water partition coefficient (Wildman–Crippen LogP) is 1.48. The Morgan fingerprint density at radius 1 is 1.44 bits per heavy atom. The minimum atomic E-state index is -0.970. The van der Waals surface area contributed by atoms with Crippen LogP contribution in [0.25, 0.3) is 0 Å². The molecule has 0 aliphatic carbocycles. The van der Waals surface area contributed by atoms with Gasteiger partial charge in [0.15, 0.2) is 6.61 Å². The zero-order valence-electron chi connectivity index (χ0n) is 8.18. The van der Waals surface area contributed by atoms with Crippen LogP contribution in [0.5, 0.6) is 5.75 Å². The molecule has 0 bridgehead atoms. The van der Waals surface area contributed by atoms with Crippen LogP contribution in [0.2, 0.25) is 0 Å². The molecule has 5 nitrogen and oxygen atoms in total. The number of carbonyl (C=O) groups is 2. The van der Waals surface area contributed by atoms with Crippen LogP contribution in [0.15, 0.2) is 24.3 Å². The largest absolute Gasteiger partial charge is 0.463 e. The van der Waals surface area contributed by atoms with Gasteiger partial charge in [0.2, 0.25) is 6.86 Å². The lowest BCUT2D eigenvalue weighted by Crippen LogP contribution is -2.28. The predicted molar refractivity (Wildman–Crippen MR) is 51.9 cm³/mol. The Balaban J connectivity index is 2.29. The number of hydrogen-bond acceptors (Lipinski definition) is 4. The first-order chi connectivity index (χ1) is 7.72. The topological polar surface area (TPSA) is 55.8 Å². The van der Waals surface area contributed by atoms with Crippen LogP contribution < -0.4 is 9.64 Å². The quantitative estimate of drug-likeness (QED) is 0.781. The summed E-state index contributed by atoms with van der Waals surface area (Å²) in [5.41, 5.74) is 0.304. The molecule has 0 unspecified atom stereocenters. The third kappa shape index (κ3) is 1.81. The molecule has 0 atom stereocenters. The fourth-order valence-corrected chi connectivity index (χ4v) is 1.38. The van der Waals surface area contributed by atoms with Gasteiger partial charge in [-0.25, -0.2) is 14.1 Å². The lowest BCUT2D eigenvalue weighted by Gasteiger charge is -2.11. The number of hydrogen-bond donors (Lipinski definition) is 0. The Morgan fingerprint density at radius 3 is 2.88 bits per heavy atom. The van der Waals surface area contributed by atoms with Crippen molar-refractivity contribution in [3.63, 3.8) is 0 Å². The summed E-state index contributed by atoms with van der Waals surface area (Å²) in [4.78, 5) is 23.4. The van der Waals surface area contributed by atoms with Gasteiger partial charge in [-0.1, -0.05) is 6.07 Å². The minimum Gasteiger partial charge on any atom is -0.463 e. The van der Waals surface area contributed by atoms with E-state index >= 15 is 0 Å². The van der Waals surface area contributed by atoms with Crippen LogP contribution in [0.4, 0.5) is 14.9 Å². The number of benzene rings is 1. The molecule has 1 aliphatic rings. The number of ether oxygens (including phenoxy) is 2. The Kier molecular flexibility index (Phi) is 2.72. The number of imide groups is 1. The van der Waals surface area contributed by atoms with E-state index in [0.29, 0.717) is 5.69 Å². The van der Waals surface area contributed by atoms with E-state index in [-0.39, 0.29) is 12.4 Å². The average molecular weight is 225 g/mol. The van der Waals surface area contributed by atoms with E-state index in [1.54, 1.807) is 6.07 Å². The van der Waals surface area contributed by atoms with Crippen molar-refractivity contribution >= 4 is 17.7 Å². The van der Waals surface area contributed by atoms with E-state index in [1.165, 1.54) is 18.2 Å². The van der Waals surface area contributed by atoms with Gasteiger partial charge in [-0.05, 0) is 12.1 Å². The van der Waals surface area contributed by atoms with Gasteiger partial charge in [0.05, 0.1) is 5.69 Å². The molecule has 0 saturated carbocycles. The van der Waals surface area contributed by atoms with Gasteiger partial charge in [0.1, 0.15) is 5.75 Å². The zero-order valence-corrected chi connectivity index (χ0v) is 8.18. The van der Waals surface area contributed by atoms with Crippen molar-refractivity contribution < 1.29 is 23.5 Å². The second-order valence-electron chi connectivity index (χ2n) is 3.03. The SMILES string of the molecule is O=C1COC(=O)N1c1cccc(OCF)c1. The Bertz CT molecular complexity index is 419. The first-order valence-corrected chi connectivity index (χ1v) is 4.51. The maximum absolute atomic E-state index is 11.9. The van der Waals surface area contributed by atoms with Crippen molar-refractivity contribution in [2.45, 2.75) is 0 Å². The third-order valence-electron chi connectivity index (χ3n) is 2.05. The first-order valence-electron chi connectivity index (χ1n) is 4.51. The Hall–Kier alpha value is -2.11. The number of nitrogens with zero attached hydrogens (tertiary/aromatic N) is 1. The average Bonchev–Trinajstić information content (AvgIpc) is 2.59. The molecule has 0 aromatic heterocycles. The molecule has 16 heavy (non-hydrogen) atoms.